The first-order valence-corrected chi connectivity index (χ1v) is 11.1. The zero-order chi connectivity index (χ0) is 22.2. The second-order valence-electron chi connectivity index (χ2n) is 8.96. The largest absolute Gasteiger partial charge is 0.481 e. The molecule has 2 aliphatic carbocycles. The van der Waals surface area contributed by atoms with Gasteiger partial charge >= 0.3 is 12.1 Å². The van der Waals surface area contributed by atoms with Gasteiger partial charge in [-0.3, -0.25) is 9.59 Å². The molecule has 5 rings (SSSR count). The van der Waals surface area contributed by atoms with Crippen molar-refractivity contribution in [2.24, 2.45) is 11.8 Å². The van der Waals surface area contributed by atoms with Gasteiger partial charge in [-0.2, -0.15) is 0 Å². The van der Waals surface area contributed by atoms with Crippen LogP contribution in [-0.2, 0) is 14.3 Å². The molecule has 166 valence electrons. The smallest absolute Gasteiger partial charge is 0.407 e. The number of carboxylic acids is 1. The zero-order valence-electron chi connectivity index (χ0n) is 17.7. The highest BCUT2D eigenvalue weighted by Gasteiger charge is 2.41. The highest BCUT2D eigenvalue weighted by molar-refractivity contribution is 5.83. The first-order valence-electron chi connectivity index (χ1n) is 11.1. The lowest BCUT2D eigenvalue weighted by Crippen LogP contribution is -2.54. The number of carbonyl (C=O) groups is 3. The predicted molar refractivity (Wildman–Crippen MR) is 117 cm³/mol. The summed E-state index contributed by atoms with van der Waals surface area (Å²) in [7, 11) is 0. The molecule has 2 unspecified atom stereocenters. The molecule has 1 aliphatic heterocycles. The number of carbonyl (C=O) groups excluding carboxylic acids is 2. The highest BCUT2D eigenvalue weighted by Crippen LogP contribution is 2.44. The number of aliphatic carboxylic acids is 1. The molecular formula is C25H26N2O5. The Morgan fingerprint density at radius 1 is 0.938 bits per heavy atom. The second kappa shape index (κ2) is 8.30. The molecule has 1 saturated carbocycles. The van der Waals surface area contributed by atoms with Gasteiger partial charge in [-0.15, -0.1) is 0 Å². The Morgan fingerprint density at radius 2 is 1.56 bits per heavy atom. The van der Waals surface area contributed by atoms with E-state index in [4.69, 9.17) is 9.84 Å². The van der Waals surface area contributed by atoms with E-state index in [1.165, 1.54) is 22.3 Å². The van der Waals surface area contributed by atoms with Gasteiger partial charge in [-0.05, 0) is 41.5 Å². The number of carboxylic acid groups (broad SMARTS) is 1. The molecule has 2 aromatic carbocycles. The number of alkyl carbamates (subject to hydrolysis) is 1. The van der Waals surface area contributed by atoms with E-state index < -0.39 is 18.0 Å². The number of rotatable bonds is 5. The summed E-state index contributed by atoms with van der Waals surface area (Å²) in [5.41, 5.74) is 4.71. The molecule has 7 heteroatoms. The number of hydrogen-bond acceptors (Lipinski definition) is 4. The van der Waals surface area contributed by atoms with Gasteiger partial charge in [0.1, 0.15) is 6.61 Å². The van der Waals surface area contributed by atoms with Gasteiger partial charge in [0.15, 0.2) is 0 Å². The maximum Gasteiger partial charge on any atom is 0.407 e. The summed E-state index contributed by atoms with van der Waals surface area (Å²) in [6, 6.07) is 16.3. The number of ether oxygens (including phenoxy) is 1. The number of benzene rings is 2. The summed E-state index contributed by atoms with van der Waals surface area (Å²) in [5.74, 6) is -1.45. The fraction of sp³-hybridized carbons (Fsp3) is 0.400. The van der Waals surface area contributed by atoms with Gasteiger partial charge in [0.2, 0.25) is 5.91 Å². The number of fused-ring (bicyclic) bond motifs is 3. The number of amides is 2. The van der Waals surface area contributed by atoms with E-state index in [1.807, 2.05) is 24.3 Å². The van der Waals surface area contributed by atoms with Gasteiger partial charge in [-0.1, -0.05) is 48.5 Å². The van der Waals surface area contributed by atoms with Crippen LogP contribution in [0.15, 0.2) is 48.5 Å². The minimum Gasteiger partial charge on any atom is -0.481 e. The minimum absolute atomic E-state index is 0.000614. The fourth-order valence-electron chi connectivity index (χ4n) is 5.22. The Labute approximate surface area is 186 Å². The Kier molecular flexibility index (Phi) is 5.33. The maximum absolute atomic E-state index is 12.5. The molecule has 32 heavy (non-hydrogen) atoms. The van der Waals surface area contributed by atoms with Crippen LogP contribution < -0.4 is 5.32 Å². The molecular weight excluding hydrogens is 408 g/mol. The van der Waals surface area contributed by atoms with Crippen LogP contribution in [0.5, 0.6) is 0 Å². The van der Waals surface area contributed by atoms with Gasteiger partial charge in [0, 0.05) is 31.0 Å². The van der Waals surface area contributed by atoms with Crippen molar-refractivity contribution >= 4 is 18.0 Å². The maximum atomic E-state index is 12.5. The Bertz CT molecular complexity index is 1020. The summed E-state index contributed by atoms with van der Waals surface area (Å²) in [6.45, 7) is 0.837. The Hall–Kier alpha value is -3.35. The van der Waals surface area contributed by atoms with E-state index in [0.29, 0.717) is 12.8 Å². The van der Waals surface area contributed by atoms with E-state index >= 15 is 0 Å². The van der Waals surface area contributed by atoms with Gasteiger partial charge < -0.3 is 20.1 Å². The average molecular weight is 434 g/mol. The predicted octanol–water partition coefficient (Wildman–Crippen LogP) is 3.24. The molecule has 2 N–H and O–H groups in total. The summed E-state index contributed by atoms with van der Waals surface area (Å²) in [6.07, 6.45) is 1.52. The van der Waals surface area contributed by atoms with Crippen LogP contribution in [0.2, 0.25) is 0 Å². The third-order valence-electron chi connectivity index (χ3n) is 6.99. The molecule has 7 nitrogen and oxygen atoms in total. The van der Waals surface area contributed by atoms with Crippen molar-refractivity contribution in [3.63, 3.8) is 0 Å². The van der Waals surface area contributed by atoms with Crippen molar-refractivity contribution in [1.29, 1.82) is 0 Å². The summed E-state index contributed by atoms with van der Waals surface area (Å²) >= 11 is 0. The van der Waals surface area contributed by atoms with E-state index in [2.05, 4.69) is 29.6 Å². The Balaban J connectivity index is 1.13. The highest BCUT2D eigenvalue weighted by atomic mass is 16.5. The molecule has 0 aromatic heterocycles. The van der Waals surface area contributed by atoms with Gasteiger partial charge in [0.05, 0.1) is 5.92 Å². The van der Waals surface area contributed by atoms with Crippen molar-refractivity contribution in [3.05, 3.63) is 59.7 Å². The van der Waals surface area contributed by atoms with Crippen molar-refractivity contribution in [3.8, 4) is 11.1 Å². The molecule has 0 radical (unpaired) electrons. The first-order chi connectivity index (χ1) is 15.5. The average Bonchev–Trinajstić information content (AvgIpc) is 3.33. The number of nitrogens with one attached hydrogen (secondary N) is 1. The molecule has 0 bridgehead atoms. The molecule has 1 heterocycles. The number of likely N-dealkylation sites (tertiary alicyclic amines) is 1. The topological polar surface area (TPSA) is 95.9 Å². The van der Waals surface area contributed by atoms with Crippen LogP contribution in [0.25, 0.3) is 11.1 Å². The molecule has 0 spiro atoms. The monoisotopic (exact) mass is 434 g/mol. The van der Waals surface area contributed by atoms with E-state index in [-0.39, 0.29) is 43.5 Å². The molecule has 2 amide bonds. The molecule has 3 aliphatic rings. The molecule has 1 saturated heterocycles. The van der Waals surface area contributed by atoms with Crippen LogP contribution in [0.3, 0.4) is 0 Å². The Morgan fingerprint density at radius 3 is 2.19 bits per heavy atom. The van der Waals surface area contributed by atoms with E-state index in [1.54, 1.807) is 4.90 Å². The molecule has 2 fully saturated rings. The lowest BCUT2D eigenvalue weighted by molar-refractivity contribution is -0.154. The fourth-order valence-corrected chi connectivity index (χ4v) is 5.22. The normalized spacial score (nSPS) is 22.1. The van der Waals surface area contributed by atoms with Crippen molar-refractivity contribution < 1.29 is 24.2 Å². The summed E-state index contributed by atoms with van der Waals surface area (Å²) < 4.78 is 5.61. The zero-order valence-corrected chi connectivity index (χ0v) is 17.7. The lowest BCUT2D eigenvalue weighted by atomic mass is 9.96. The van der Waals surface area contributed by atoms with Crippen LogP contribution in [0, 0.1) is 11.8 Å². The van der Waals surface area contributed by atoms with Crippen molar-refractivity contribution in [1.82, 2.24) is 10.2 Å². The van der Waals surface area contributed by atoms with E-state index in [9.17, 15) is 14.4 Å². The van der Waals surface area contributed by atoms with Crippen molar-refractivity contribution in [2.75, 3.05) is 19.7 Å². The summed E-state index contributed by atoms with van der Waals surface area (Å²) in [5, 5.41) is 11.9. The van der Waals surface area contributed by atoms with Crippen LogP contribution in [0.4, 0.5) is 4.79 Å². The lowest BCUT2D eigenvalue weighted by Gasteiger charge is -2.38. The van der Waals surface area contributed by atoms with Crippen molar-refractivity contribution in [2.45, 2.75) is 31.2 Å². The molecule has 2 atom stereocenters. The quantitative estimate of drug-likeness (QED) is 0.753. The standard InChI is InChI=1S/C25H26N2O5/c28-23(27-12-16(13-27)24(29)30)15-9-10-17(11-15)26-25(31)32-14-22-20-7-3-1-5-18(20)19-6-2-4-8-21(19)22/h1-8,15-17,22H,9-14H2,(H,26,31)(H,29,30). The third kappa shape index (κ3) is 3.72. The molecule has 2 aromatic rings. The van der Waals surface area contributed by atoms with Crippen LogP contribution >= 0.6 is 0 Å². The van der Waals surface area contributed by atoms with Gasteiger partial charge in [0.25, 0.3) is 0 Å². The first kappa shape index (κ1) is 20.5. The van der Waals surface area contributed by atoms with Crippen LogP contribution in [-0.4, -0.2) is 53.7 Å². The van der Waals surface area contributed by atoms with Gasteiger partial charge in [-0.25, -0.2) is 4.79 Å². The second-order valence-corrected chi connectivity index (χ2v) is 8.96. The third-order valence-corrected chi connectivity index (χ3v) is 6.99. The number of nitrogens with zero attached hydrogens (tertiary/aromatic N) is 1. The SMILES string of the molecule is O=C(NC1CCC(C(=O)N2CC(C(=O)O)C2)C1)OCC1c2ccccc2-c2ccccc21. The van der Waals surface area contributed by atoms with E-state index in [0.717, 1.165) is 6.42 Å². The number of hydrogen-bond donors (Lipinski definition) is 2. The van der Waals surface area contributed by atoms with Crippen LogP contribution in [0.1, 0.15) is 36.3 Å². The summed E-state index contributed by atoms with van der Waals surface area (Å²) in [4.78, 5) is 37.6. The minimum atomic E-state index is -0.852.